The second-order valence-electron chi connectivity index (χ2n) is 7.13. The molecule has 0 unspecified atom stereocenters. The minimum atomic E-state index is -0.0704. The number of carbonyl (C=O) groups is 1. The van der Waals surface area contributed by atoms with Crippen LogP contribution >= 0.6 is 0 Å². The van der Waals surface area contributed by atoms with Crippen molar-refractivity contribution in [3.05, 3.63) is 71.3 Å². The van der Waals surface area contributed by atoms with Crippen LogP contribution in [0.5, 0.6) is 17.2 Å². The smallest absolute Gasteiger partial charge is 0.246 e. The maximum Gasteiger partial charge on any atom is 0.246 e. The fourth-order valence-corrected chi connectivity index (χ4v) is 3.29. The zero-order chi connectivity index (χ0) is 21.7. The van der Waals surface area contributed by atoms with Crippen molar-refractivity contribution in [1.82, 2.24) is 4.90 Å². The Labute approximate surface area is 177 Å². The molecule has 0 aliphatic rings. The summed E-state index contributed by atoms with van der Waals surface area (Å²) in [6.45, 7) is 2.47. The molecular formula is C25H27NO4. The van der Waals surface area contributed by atoms with Crippen molar-refractivity contribution in [2.45, 2.75) is 13.5 Å². The summed E-state index contributed by atoms with van der Waals surface area (Å²) in [5.74, 6) is 2.09. The predicted octanol–water partition coefficient (Wildman–Crippen LogP) is 4.85. The van der Waals surface area contributed by atoms with E-state index in [0.29, 0.717) is 18.0 Å². The van der Waals surface area contributed by atoms with Gasteiger partial charge in [-0.25, -0.2) is 0 Å². The lowest BCUT2D eigenvalue weighted by Gasteiger charge is -2.18. The summed E-state index contributed by atoms with van der Waals surface area (Å²) in [6.07, 6.45) is 3.44. The first-order valence-corrected chi connectivity index (χ1v) is 9.67. The molecule has 0 aliphatic carbocycles. The minimum Gasteiger partial charge on any atom is -0.497 e. The molecule has 3 aromatic carbocycles. The quantitative estimate of drug-likeness (QED) is 0.528. The Hall–Kier alpha value is -3.47. The summed E-state index contributed by atoms with van der Waals surface area (Å²) in [5, 5.41) is 2.19. The minimum absolute atomic E-state index is 0.0704. The molecule has 156 valence electrons. The van der Waals surface area contributed by atoms with E-state index in [-0.39, 0.29) is 5.91 Å². The zero-order valence-electron chi connectivity index (χ0n) is 18.1. The molecule has 0 saturated carbocycles. The van der Waals surface area contributed by atoms with E-state index in [0.717, 1.165) is 33.2 Å². The number of fused-ring (bicyclic) bond motifs is 1. The van der Waals surface area contributed by atoms with Crippen molar-refractivity contribution in [2.75, 3.05) is 28.4 Å². The fraction of sp³-hybridized carbons (Fsp3) is 0.240. The first-order valence-electron chi connectivity index (χ1n) is 9.67. The Kier molecular flexibility index (Phi) is 6.62. The molecule has 0 heterocycles. The molecule has 1 amide bonds. The van der Waals surface area contributed by atoms with Gasteiger partial charge in [0.15, 0.2) is 11.5 Å². The third-order valence-electron chi connectivity index (χ3n) is 5.12. The molecule has 0 saturated heterocycles. The Balaban J connectivity index is 1.72. The highest BCUT2D eigenvalue weighted by Crippen LogP contribution is 2.30. The molecule has 0 bridgehead atoms. The van der Waals surface area contributed by atoms with Gasteiger partial charge in [0.1, 0.15) is 5.75 Å². The van der Waals surface area contributed by atoms with Crippen LogP contribution in [-0.4, -0.2) is 39.2 Å². The molecule has 0 atom stereocenters. The van der Waals surface area contributed by atoms with Crippen molar-refractivity contribution in [1.29, 1.82) is 0 Å². The summed E-state index contributed by atoms with van der Waals surface area (Å²) in [5.41, 5.74) is 3.02. The zero-order valence-corrected chi connectivity index (χ0v) is 18.1. The number of rotatable bonds is 7. The summed E-state index contributed by atoms with van der Waals surface area (Å²) < 4.78 is 16.0. The molecule has 30 heavy (non-hydrogen) atoms. The Bertz CT molecular complexity index is 1090. The molecule has 0 fully saturated rings. The van der Waals surface area contributed by atoms with Crippen molar-refractivity contribution >= 4 is 22.8 Å². The van der Waals surface area contributed by atoms with Crippen molar-refractivity contribution in [2.24, 2.45) is 0 Å². The second-order valence-corrected chi connectivity index (χ2v) is 7.13. The van der Waals surface area contributed by atoms with Gasteiger partial charge < -0.3 is 19.1 Å². The van der Waals surface area contributed by atoms with E-state index >= 15 is 0 Å². The normalized spacial score (nSPS) is 11.0. The number of carbonyl (C=O) groups excluding carboxylic acids is 1. The SMILES string of the molecule is COc1ccc2cc(/C=C/C(=O)N(C)Cc3cc(OC)c(OC)cc3C)ccc2c1. The molecular weight excluding hydrogens is 378 g/mol. The van der Waals surface area contributed by atoms with Crippen LogP contribution in [0, 0.1) is 6.92 Å². The van der Waals surface area contributed by atoms with E-state index in [9.17, 15) is 4.79 Å². The molecule has 0 N–H and O–H groups in total. The lowest BCUT2D eigenvalue weighted by Crippen LogP contribution is -2.24. The standard InChI is InChI=1S/C25H27NO4/c1-17-12-23(29-4)24(30-5)15-21(17)16-26(2)25(27)11-7-18-6-8-20-14-22(28-3)10-9-19(20)13-18/h6-15H,16H2,1-5H3/b11-7+. The summed E-state index contributed by atoms with van der Waals surface area (Å²) in [7, 11) is 6.66. The summed E-state index contributed by atoms with van der Waals surface area (Å²) in [4.78, 5) is 14.3. The number of hydrogen-bond acceptors (Lipinski definition) is 4. The van der Waals surface area contributed by atoms with Crippen LogP contribution in [0.2, 0.25) is 0 Å². The molecule has 0 spiro atoms. The Morgan fingerprint density at radius 1 is 0.900 bits per heavy atom. The largest absolute Gasteiger partial charge is 0.497 e. The summed E-state index contributed by atoms with van der Waals surface area (Å²) in [6, 6.07) is 15.8. The Morgan fingerprint density at radius 3 is 2.27 bits per heavy atom. The van der Waals surface area contributed by atoms with Gasteiger partial charge in [-0.2, -0.15) is 0 Å². The molecule has 5 nitrogen and oxygen atoms in total. The topological polar surface area (TPSA) is 48.0 Å². The molecule has 3 rings (SSSR count). The average molecular weight is 405 g/mol. The molecule has 3 aromatic rings. The highest BCUT2D eigenvalue weighted by molar-refractivity contribution is 5.93. The molecule has 0 radical (unpaired) electrons. The van der Waals surface area contributed by atoms with E-state index in [2.05, 4.69) is 6.07 Å². The molecule has 0 aromatic heterocycles. The Morgan fingerprint density at radius 2 is 1.57 bits per heavy atom. The fourth-order valence-electron chi connectivity index (χ4n) is 3.29. The number of ether oxygens (including phenoxy) is 3. The van der Waals surface area contributed by atoms with E-state index in [1.807, 2.05) is 55.5 Å². The number of hydrogen-bond donors (Lipinski definition) is 0. The maximum absolute atomic E-state index is 12.6. The first-order chi connectivity index (χ1) is 14.4. The van der Waals surface area contributed by atoms with E-state index in [1.165, 1.54) is 0 Å². The van der Waals surface area contributed by atoms with Crippen LogP contribution < -0.4 is 14.2 Å². The molecule has 5 heteroatoms. The van der Waals surface area contributed by atoms with Crippen molar-refractivity contribution < 1.29 is 19.0 Å². The number of aryl methyl sites for hydroxylation is 1. The van der Waals surface area contributed by atoms with Crippen LogP contribution in [0.4, 0.5) is 0 Å². The lowest BCUT2D eigenvalue weighted by molar-refractivity contribution is -0.125. The number of benzene rings is 3. The van der Waals surface area contributed by atoms with Crippen LogP contribution in [0.25, 0.3) is 16.8 Å². The van der Waals surface area contributed by atoms with Crippen LogP contribution in [-0.2, 0) is 11.3 Å². The van der Waals surface area contributed by atoms with Gasteiger partial charge >= 0.3 is 0 Å². The lowest BCUT2D eigenvalue weighted by atomic mass is 10.1. The van der Waals surface area contributed by atoms with Crippen molar-refractivity contribution in [3.8, 4) is 17.2 Å². The van der Waals surface area contributed by atoms with E-state index < -0.39 is 0 Å². The van der Waals surface area contributed by atoms with Crippen LogP contribution in [0.3, 0.4) is 0 Å². The molecule has 0 aliphatic heterocycles. The first kappa shape index (κ1) is 21.2. The van der Waals surface area contributed by atoms with Gasteiger partial charge in [0.25, 0.3) is 0 Å². The van der Waals surface area contributed by atoms with Gasteiger partial charge in [0.05, 0.1) is 21.3 Å². The third kappa shape index (κ3) is 4.74. The highest BCUT2D eigenvalue weighted by atomic mass is 16.5. The van der Waals surface area contributed by atoms with Gasteiger partial charge in [0, 0.05) is 19.7 Å². The van der Waals surface area contributed by atoms with E-state index in [4.69, 9.17) is 14.2 Å². The third-order valence-corrected chi connectivity index (χ3v) is 5.12. The maximum atomic E-state index is 12.6. The van der Waals surface area contributed by atoms with Crippen molar-refractivity contribution in [3.63, 3.8) is 0 Å². The van der Waals surface area contributed by atoms with Gasteiger partial charge in [-0.15, -0.1) is 0 Å². The van der Waals surface area contributed by atoms with Gasteiger partial charge in [0.2, 0.25) is 5.91 Å². The number of nitrogens with zero attached hydrogens (tertiary/aromatic N) is 1. The highest BCUT2D eigenvalue weighted by Gasteiger charge is 2.12. The monoisotopic (exact) mass is 405 g/mol. The van der Waals surface area contributed by atoms with Gasteiger partial charge in [-0.05, 0) is 70.8 Å². The second kappa shape index (κ2) is 9.35. The van der Waals surface area contributed by atoms with Crippen LogP contribution in [0.1, 0.15) is 16.7 Å². The van der Waals surface area contributed by atoms with Gasteiger partial charge in [-0.3, -0.25) is 4.79 Å². The van der Waals surface area contributed by atoms with Crippen LogP contribution in [0.15, 0.2) is 54.6 Å². The predicted molar refractivity (Wildman–Crippen MR) is 120 cm³/mol. The van der Waals surface area contributed by atoms with Gasteiger partial charge in [-0.1, -0.05) is 18.2 Å². The average Bonchev–Trinajstić information content (AvgIpc) is 2.77. The number of likely N-dealkylation sites (N-methyl/N-ethyl adjacent to an activating group) is 1. The number of amides is 1. The van der Waals surface area contributed by atoms with E-state index in [1.54, 1.807) is 39.4 Å². The summed E-state index contributed by atoms with van der Waals surface area (Å²) >= 11 is 0. The number of methoxy groups -OCH3 is 3.